The molecule has 0 spiro atoms. The van der Waals surface area contributed by atoms with Gasteiger partial charge in [-0.1, -0.05) is 13.8 Å². The molecule has 0 atom stereocenters. The molecule has 1 nitrogen and oxygen atoms in total. The molecule has 1 fully saturated rings. The van der Waals surface area contributed by atoms with Crippen molar-refractivity contribution in [1.29, 1.82) is 0 Å². The van der Waals surface area contributed by atoms with Crippen molar-refractivity contribution in [1.82, 2.24) is 0 Å². The lowest BCUT2D eigenvalue weighted by Gasteiger charge is -2.41. The first-order chi connectivity index (χ1) is 6.52. The van der Waals surface area contributed by atoms with E-state index in [4.69, 9.17) is 5.73 Å². The standard InChI is InChI=1S/C12H19NS/c1-11(2)4-6-12(13,7-5-11)10-3-8-14-9-10/h3,8-9H,4-7,13H2,1-2H3. The predicted octanol–water partition coefficient (Wildman–Crippen LogP) is 3.50. The number of hydrogen-bond donors (Lipinski definition) is 1. The zero-order valence-electron chi connectivity index (χ0n) is 9.05. The van der Waals surface area contributed by atoms with Crippen LogP contribution in [0, 0.1) is 5.41 Å². The summed E-state index contributed by atoms with van der Waals surface area (Å²) in [5.41, 5.74) is 8.26. The van der Waals surface area contributed by atoms with Gasteiger partial charge in [-0.3, -0.25) is 0 Å². The van der Waals surface area contributed by atoms with Gasteiger partial charge in [-0.2, -0.15) is 11.3 Å². The van der Waals surface area contributed by atoms with Crippen LogP contribution < -0.4 is 5.73 Å². The molecule has 0 saturated heterocycles. The second kappa shape index (κ2) is 3.35. The summed E-state index contributed by atoms with van der Waals surface area (Å²) in [5.74, 6) is 0. The van der Waals surface area contributed by atoms with Crippen molar-refractivity contribution < 1.29 is 0 Å². The van der Waals surface area contributed by atoms with Gasteiger partial charge in [0.2, 0.25) is 0 Å². The van der Waals surface area contributed by atoms with E-state index < -0.39 is 0 Å². The van der Waals surface area contributed by atoms with Crippen molar-refractivity contribution in [3.05, 3.63) is 22.4 Å². The first-order valence-corrected chi connectivity index (χ1v) is 6.28. The fourth-order valence-corrected chi connectivity index (χ4v) is 2.97. The van der Waals surface area contributed by atoms with E-state index in [-0.39, 0.29) is 5.54 Å². The summed E-state index contributed by atoms with van der Waals surface area (Å²) in [5, 5.41) is 4.34. The molecule has 0 amide bonds. The molecule has 1 aliphatic rings. The Hall–Kier alpha value is -0.340. The van der Waals surface area contributed by atoms with Crippen LogP contribution in [0.3, 0.4) is 0 Å². The summed E-state index contributed by atoms with van der Waals surface area (Å²) in [6, 6.07) is 2.18. The lowest BCUT2D eigenvalue weighted by molar-refractivity contribution is 0.165. The van der Waals surface area contributed by atoms with Crippen molar-refractivity contribution in [2.75, 3.05) is 0 Å². The van der Waals surface area contributed by atoms with Gasteiger partial charge in [0, 0.05) is 5.54 Å². The van der Waals surface area contributed by atoms with Gasteiger partial charge in [0.05, 0.1) is 0 Å². The Kier molecular flexibility index (Phi) is 2.44. The second-order valence-corrected chi connectivity index (χ2v) is 6.11. The average molecular weight is 209 g/mol. The predicted molar refractivity (Wildman–Crippen MR) is 62.4 cm³/mol. The van der Waals surface area contributed by atoms with E-state index >= 15 is 0 Å². The molecule has 78 valence electrons. The number of nitrogens with two attached hydrogens (primary N) is 1. The van der Waals surface area contributed by atoms with Crippen molar-refractivity contribution in [2.45, 2.75) is 45.1 Å². The van der Waals surface area contributed by atoms with Crippen LogP contribution in [-0.4, -0.2) is 0 Å². The number of hydrogen-bond acceptors (Lipinski definition) is 2. The molecule has 0 bridgehead atoms. The molecule has 0 unspecified atom stereocenters. The molecule has 2 N–H and O–H groups in total. The van der Waals surface area contributed by atoms with E-state index in [1.165, 1.54) is 18.4 Å². The van der Waals surface area contributed by atoms with Crippen molar-refractivity contribution in [2.24, 2.45) is 11.1 Å². The molecule has 2 rings (SSSR count). The van der Waals surface area contributed by atoms with Gasteiger partial charge < -0.3 is 5.73 Å². The molecule has 1 aliphatic carbocycles. The highest BCUT2D eigenvalue weighted by Crippen LogP contribution is 2.43. The summed E-state index contributed by atoms with van der Waals surface area (Å²) < 4.78 is 0. The Bertz CT molecular complexity index is 290. The van der Waals surface area contributed by atoms with E-state index in [9.17, 15) is 0 Å². The lowest BCUT2D eigenvalue weighted by atomic mass is 9.68. The van der Waals surface area contributed by atoms with Gasteiger partial charge in [-0.25, -0.2) is 0 Å². The zero-order valence-corrected chi connectivity index (χ0v) is 9.86. The normalized spacial score (nSPS) is 24.8. The van der Waals surface area contributed by atoms with Crippen LogP contribution in [0.15, 0.2) is 16.8 Å². The monoisotopic (exact) mass is 209 g/mol. The summed E-state index contributed by atoms with van der Waals surface area (Å²) in [7, 11) is 0. The average Bonchev–Trinajstić information content (AvgIpc) is 2.64. The Balaban J connectivity index is 2.13. The molecule has 2 heteroatoms. The third-order valence-electron chi connectivity index (χ3n) is 3.59. The smallest absolute Gasteiger partial charge is 0.0418 e. The van der Waals surface area contributed by atoms with Crippen LogP contribution in [-0.2, 0) is 5.54 Å². The zero-order chi connectivity index (χ0) is 10.2. The molecular weight excluding hydrogens is 190 g/mol. The summed E-state index contributed by atoms with van der Waals surface area (Å²) in [4.78, 5) is 0. The maximum Gasteiger partial charge on any atom is 0.0418 e. The van der Waals surface area contributed by atoms with Crippen molar-refractivity contribution in [3.63, 3.8) is 0 Å². The first-order valence-electron chi connectivity index (χ1n) is 5.33. The Morgan fingerprint density at radius 3 is 2.36 bits per heavy atom. The molecule has 14 heavy (non-hydrogen) atoms. The minimum atomic E-state index is -0.0322. The molecule has 1 saturated carbocycles. The highest BCUT2D eigenvalue weighted by Gasteiger charge is 2.36. The van der Waals surface area contributed by atoms with E-state index in [2.05, 4.69) is 30.7 Å². The van der Waals surface area contributed by atoms with E-state index in [1.807, 2.05) is 0 Å². The number of thiophene rings is 1. The van der Waals surface area contributed by atoms with E-state index in [0.29, 0.717) is 5.41 Å². The Labute approximate surface area is 90.3 Å². The minimum absolute atomic E-state index is 0.0322. The van der Waals surface area contributed by atoms with E-state index in [1.54, 1.807) is 11.3 Å². The lowest BCUT2D eigenvalue weighted by Crippen LogP contribution is -2.42. The molecule has 0 aromatic carbocycles. The highest BCUT2D eigenvalue weighted by atomic mass is 32.1. The van der Waals surface area contributed by atoms with E-state index in [0.717, 1.165) is 12.8 Å². The van der Waals surface area contributed by atoms with Crippen molar-refractivity contribution >= 4 is 11.3 Å². The molecule has 1 aromatic heterocycles. The molecule has 0 radical (unpaired) electrons. The Morgan fingerprint density at radius 2 is 1.86 bits per heavy atom. The van der Waals surface area contributed by atoms with Gasteiger partial charge in [0.25, 0.3) is 0 Å². The fourth-order valence-electron chi connectivity index (χ4n) is 2.21. The molecular formula is C12H19NS. The van der Waals surface area contributed by atoms with Crippen LogP contribution in [0.5, 0.6) is 0 Å². The van der Waals surface area contributed by atoms with Crippen molar-refractivity contribution in [3.8, 4) is 0 Å². The first kappa shape index (κ1) is 10.2. The maximum absolute atomic E-state index is 6.45. The van der Waals surface area contributed by atoms with Gasteiger partial charge in [-0.05, 0) is 53.5 Å². The van der Waals surface area contributed by atoms with Crippen LogP contribution in [0.2, 0.25) is 0 Å². The van der Waals surface area contributed by atoms with Gasteiger partial charge in [0.15, 0.2) is 0 Å². The van der Waals surface area contributed by atoms with Gasteiger partial charge in [-0.15, -0.1) is 0 Å². The van der Waals surface area contributed by atoms with Gasteiger partial charge in [0.1, 0.15) is 0 Å². The summed E-state index contributed by atoms with van der Waals surface area (Å²) >= 11 is 1.75. The SMILES string of the molecule is CC1(C)CCC(N)(c2ccsc2)CC1. The Morgan fingerprint density at radius 1 is 1.21 bits per heavy atom. The van der Waals surface area contributed by atoms with Crippen LogP contribution in [0.25, 0.3) is 0 Å². The van der Waals surface area contributed by atoms with Crippen LogP contribution >= 0.6 is 11.3 Å². The largest absolute Gasteiger partial charge is 0.321 e. The third kappa shape index (κ3) is 1.86. The number of rotatable bonds is 1. The van der Waals surface area contributed by atoms with Gasteiger partial charge >= 0.3 is 0 Å². The highest BCUT2D eigenvalue weighted by molar-refractivity contribution is 7.08. The molecule has 1 heterocycles. The third-order valence-corrected chi connectivity index (χ3v) is 4.28. The quantitative estimate of drug-likeness (QED) is 0.752. The molecule has 0 aliphatic heterocycles. The topological polar surface area (TPSA) is 26.0 Å². The summed E-state index contributed by atoms with van der Waals surface area (Å²) in [6.45, 7) is 4.69. The van der Waals surface area contributed by atoms with Crippen LogP contribution in [0.4, 0.5) is 0 Å². The second-order valence-electron chi connectivity index (χ2n) is 5.33. The fraction of sp³-hybridized carbons (Fsp3) is 0.667. The summed E-state index contributed by atoms with van der Waals surface area (Å²) in [6.07, 6.45) is 4.77. The van der Waals surface area contributed by atoms with Crippen LogP contribution in [0.1, 0.15) is 45.1 Å². The molecule has 1 aromatic rings. The maximum atomic E-state index is 6.45. The minimum Gasteiger partial charge on any atom is -0.321 e.